The molecule has 39 heavy (non-hydrogen) atoms. The van der Waals surface area contributed by atoms with Gasteiger partial charge in [0.05, 0.1) is 27.8 Å². The molecular formula is C23H10BF15. The van der Waals surface area contributed by atoms with Gasteiger partial charge >= 0.3 is 30.9 Å². The Balaban J connectivity index is 2.43. The highest BCUT2D eigenvalue weighted by Gasteiger charge is 2.41. The molecule has 0 atom stereocenters. The molecule has 210 valence electrons. The number of rotatable bonds is 3. The summed E-state index contributed by atoms with van der Waals surface area (Å²) < 4.78 is 200. The zero-order valence-corrected chi connectivity index (χ0v) is 18.5. The topological polar surface area (TPSA) is 0 Å². The Kier molecular flexibility index (Phi) is 7.51. The lowest BCUT2D eigenvalue weighted by atomic mass is 9.36. The lowest BCUT2D eigenvalue weighted by Gasteiger charge is -2.22. The van der Waals surface area contributed by atoms with Crippen LogP contribution in [0.25, 0.3) is 0 Å². The minimum Gasteiger partial charge on any atom is -0.166 e. The molecule has 0 radical (unpaired) electrons. The predicted molar refractivity (Wildman–Crippen MR) is 109 cm³/mol. The molecule has 0 aromatic heterocycles. The first-order chi connectivity index (χ1) is 17.5. The predicted octanol–water partition coefficient (Wildman–Crippen LogP) is 7.30. The van der Waals surface area contributed by atoms with Crippen LogP contribution in [-0.2, 0) is 30.9 Å². The maximum Gasteiger partial charge on any atom is 0.416 e. The summed E-state index contributed by atoms with van der Waals surface area (Å²) in [7, 11) is 0. The highest BCUT2D eigenvalue weighted by Crippen LogP contribution is 2.37. The van der Waals surface area contributed by atoms with Crippen molar-refractivity contribution < 1.29 is 65.9 Å². The monoisotopic (exact) mass is 582 g/mol. The third-order valence-electron chi connectivity index (χ3n) is 5.46. The normalized spacial score (nSPS) is 13.5. The Morgan fingerprint density at radius 3 is 0.795 bits per heavy atom. The van der Waals surface area contributed by atoms with Crippen LogP contribution in [0.3, 0.4) is 0 Å². The molecule has 16 heteroatoms. The van der Waals surface area contributed by atoms with Crippen molar-refractivity contribution in [3.63, 3.8) is 0 Å². The second-order valence-electron chi connectivity index (χ2n) is 8.23. The second-order valence-corrected chi connectivity index (χ2v) is 8.23. The van der Waals surface area contributed by atoms with Crippen molar-refractivity contribution in [2.75, 3.05) is 0 Å². The van der Waals surface area contributed by atoms with Gasteiger partial charge in [0.25, 0.3) is 0 Å². The van der Waals surface area contributed by atoms with Crippen LogP contribution in [-0.4, -0.2) is 6.71 Å². The molecule has 0 aliphatic rings. The van der Waals surface area contributed by atoms with Crippen molar-refractivity contribution in [2.24, 2.45) is 0 Å². The smallest absolute Gasteiger partial charge is 0.166 e. The minimum atomic E-state index is -5.44. The maximum atomic E-state index is 13.4. The lowest BCUT2D eigenvalue weighted by Crippen LogP contribution is -2.53. The molecule has 0 nitrogen and oxygen atoms in total. The van der Waals surface area contributed by atoms with Crippen molar-refractivity contribution in [1.82, 2.24) is 0 Å². The van der Waals surface area contributed by atoms with E-state index in [1.807, 2.05) is 0 Å². The largest absolute Gasteiger partial charge is 0.416 e. The van der Waals surface area contributed by atoms with Gasteiger partial charge in [-0.25, -0.2) is 0 Å². The molecule has 0 saturated heterocycles. The Bertz CT molecular complexity index is 1180. The van der Waals surface area contributed by atoms with Crippen LogP contribution in [0, 0.1) is 0 Å². The van der Waals surface area contributed by atoms with E-state index >= 15 is 0 Å². The quantitative estimate of drug-likeness (QED) is 0.225. The van der Waals surface area contributed by atoms with Gasteiger partial charge in [0, 0.05) is 0 Å². The van der Waals surface area contributed by atoms with Gasteiger partial charge < -0.3 is 0 Å². The van der Waals surface area contributed by atoms with Crippen molar-refractivity contribution in [3.05, 3.63) is 88.5 Å². The summed E-state index contributed by atoms with van der Waals surface area (Å²) in [5.74, 6) is 0. The van der Waals surface area contributed by atoms with Crippen LogP contribution in [0.5, 0.6) is 0 Å². The van der Waals surface area contributed by atoms with Gasteiger partial charge in [0.15, 0.2) is 0 Å². The van der Waals surface area contributed by atoms with Crippen molar-refractivity contribution in [2.45, 2.75) is 30.9 Å². The number of halogens is 15. The molecule has 0 saturated carbocycles. The van der Waals surface area contributed by atoms with Crippen molar-refractivity contribution in [3.8, 4) is 0 Å². The van der Waals surface area contributed by atoms with Gasteiger partial charge in [0.2, 0.25) is 6.71 Å². The molecule has 3 aromatic rings. The molecule has 3 aromatic carbocycles. The Labute approximate surface area is 209 Å². The molecule has 0 aliphatic heterocycles. The Hall–Kier alpha value is -3.33. The fourth-order valence-corrected chi connectivity index (χ4v) is 3.73. The first kappa shape index (κ1) is 30.2. The number of hydrogen-bond donors (Lipinski definition) is 0. The molecule has 0 fully saturated rings. The summed E-state index contributed by atoms with van der Waals surface area (Å²) in [6, 6.07) is 1.40. The molecule has 0 N–H and O–H groups in total. The van der Waals surface area contributed by atoms with Crippen LogP contribution >= 0.6 is 0 Å². The number of hydrogen-bond acceptors (Lipinski definition) is 0. The zero-order chi connectivity index (χ0) is 29.8. The Morgan fingerprint density at radius 1 is 0.308 bits per heavy atom. The standard InChI is InChI=1S/C23H10BF15/c25-19(26,27)11-1-3-16(4-2-11)24(17-7-12(20(28,29)30)5-13(8-17)21(31,32)33)18-9-14(22(34,35)36)6-15(10-18)23(37,38)39/h1-10H. The molecule has 3 rings (SSSR count). The molecule has 0 amide bonds. The van der Waals surface area contributed by atoms with Crippen LogP contribution in [0.2, 0.25) is 0 Å². The van der Waals surface area contributed by atoms with E-state index in [9.17, 15) is 65.9 Å². The first-order valence-corrected chi connectivity index (χ1v) is 10.2. The van der Waals surface area contributed by atoms with Gasteiger partial charge in [-0.3, -0.25) is 0 Å². The van der Waals surface area contributed by atoms with E-state index in [1.54, 1.807) is 0 Å². The summed E-state index contributed by atoms with van der Waals surface area (Å²) in [6.45, 7) is -2.21. The van der Waals surface area contributed by atoms with E-state index in [1.165, 1.54) is 0 Å². The maximum absolute atomic E-state index is 13.4. The number of benzene rings is 3. The third-order valence-corrected chi connectivity index (χ3v) is 5.46. The van der Waals surface area contributed by atoms with E-state index in [0.717, 1.165) is 0 Å². The average Bonchev–Trinajstić information content (AvgIpc) is 2.76. The van der Waals surface area contributed by atoms with E-state index in [0.29, 0.717) is 24.3 Å². The average molecular weight is 582 g/mol. The van der Waals surface area contributed by atoms with Gasteiger partial charge in [-0.05, 0) is 12.1 Å². The molecule has 0 aliphatic carbocycles. The summed E-state index contributed by atoms with van der Waals surface area (Å²) in [5, 5.41) is 0. The van der Waals surface area contributed by atoms with Crippen molar-refractivity contribution >= 4 is 23.1 Å². The fraction of sp³-hybridized carbons (Fsp3) is 0.217. The summed E-state index contributed by atoms with van der Waals surface area (Å²) >= 11 is 0. The third kappa shape index (κ3) is 7.01. The van der Waals surface area contributed by atoms with Gasteiger partial charge in [-0.2, -0.15) is 65.9 Å². The highest BCUT2D eigenvalue weighted by atomic mass is 19.4. The summed E-state index contributed by atoms with van der Waals surface area (Å²) in [6.07, 6.45) is -26.7. The molecule has 0 unspecified atom stereocenters. The SMILES string of the molecule is FC(F)(F)c1ccc(B(c2cc(C(F)(F)F)cc(C(F)(F)F)c2)c2cc(C(F)(F)F)cc(C(F)(F)F)c2)cc1. The van der Waals surface area contributed by atoms with E-state index < -0.39 is 81.8 Å². The van der Waals surface area contributed by atoms with Gasteiger partial charge in [-0.1, -0.05) is 64.9 Å². The fourth-order valence-electron chi connectivity index (χ4n) is 3.73. The number of alkyl halides is 15. The first-order valence-electron chi connectivity index (χ1n) is 10.2. The molecule has 0 heterocycles. The summed E-state index contributed by atoms with van der Waals surface area (Å²) in [4.78, 5) is 0. The highest BCUT2D eigenvalue weighted by molar-refractivity contribution is 6.95. The van der Waals surface area contributed by atoms with Gasteiger partial charge in [0.1, 0.15) is 0 Å². The minimum absolute atomic E-state index is 0.0745. The lowest BCUT2D eigenvalue weighted by molar-refractivity contribution is -0.144. The van der Waals surface area contributed by atoms with Crippen LogP contribution < -0.4 is 16.4 Å². The van der Waals surface area contributed by atoms with E-state index in [4.69, 9.17) is 0 Å². The van der Waals surface area contributed by atoms with Gasteiger partial charge in [-0.15, -0.1) is 0 Å². The van der Waals surface area contributed by atoms with Crippen LogP contribution in [0.15, 0.2) is 60.7 Å². The molecule has 0 spiro atoms. The molecule has 0 bridgehead atoms. The molecular weight excluding hydrogens is 572 g/mol. The second kappa shape index (κ2) is 9.70. The Morgan fingerprint density at radius 2 is 0.564 bits per heavy atom. The van der Waals surface area contributed by atoms with E-state index in [-0.39, 0.29) is 36.4 Å². The summed E-state index contributed by atoms with van der Waals surface area (Å²) in [5.41, 5.74) is -11.8. The van der Waals surface area contributed by atoms with E-state index in [2.05, 4.69) is 0 Å². The zero-order valence-electron chi connectivity index (χ0n) is 18.5. The van der Waals surface area contributed by atoms with Crippen LogP contribution in [0.4, 0.5) is 65.9 Å². The van der Waals surface area contributed by atoms with Crippen LogP contribution in [0.1, 0.15) is 27.8 Å². The van der Waals surface area contributed by atoms with Crippen molar-refractivity contribution in [1.29, 1.82) is 0 Å².